The summed E-state index contributed by atoms with van der Waals surface area (Å²) in [6, 6.07) is 3.90. The molecule has 1 saturated heterocycles. The first-order chi connectivity index (χ1) is 8.00. The summed E-state index contributed by atoms with van der Waals surface area (Å²) in [5.41, 5.74) is 1.79. The predicted octanol–water partition coefficient (Wildman–Crippen LogP) is 1.75. The number of nitrogens with zero attached hydrogens (tertiary/aromatic N) is 2. The minimum absolute atomic E-state index is 0.00766. The first-order valence-electron chi connectivity index (χ1n) is 6.00. The topological polar surface area (TPSA) is 45.6 Å². The van der Waals surface area contributed by atoms with Gasteiger partial charge in [0.2, 0.25) is 0 Å². The molecular formula is C13H20N2O2. The van der Waals surface area contributed by atoms with E-state index in [1.807, 2.05) is 18.3 Å². The minimum atomic E-state index is -0.512. The molecule has 1 aromatic heterocycles. The lowest BCUT2D eigenvalue weighted by molar-refractivity contribution is 0.0643. The zero-order valence-corrected chi connectivity index (χ0v) is 10.7. The number of rotatable bonds is 2. The third-order valence-electron chi connectivity index (χ3n) is 3.16. The van der Waals surface area contributed by atoms with Gasteiger partial charge in [0.15, 0.2) is 0 Å². The first kappa shape index (κ1) is 12.3. The Morgan fingerprint density at radius 2 is 2.24 bits per heavy atom. The second-order valence-electron chi connectivity index (χ2n) is 5.13. The maximum Gasteiger partial charge on any atom is 0.0931 e. The predicted molar refractivity (Wildman–Crippen MR) is 67.1 cm³/mol. The van der Waals surface area contributed by atoms with Crippen molar-refractivity contribution in [2.24, 2.45) is 0 Å². The average molecular weight is 236 g/mol. The molecule has 2 rings (SSSR count). The number of ether oxygens (including phenoxy) is 1. The highest BCUT2D eigenvalue weighted by atomic mass is 16.5. The van der Waals surface area contributed by atoms with Gasteiger partial charge in [-0.1, -0.05) is 0 Å². The third-order valence-corrected chi connectivity index (χ3v) is 3.16. The Morgan fingerprint density at radius 1 is 1.47 bits per heavy atom. The smallest absolute Gasteiger partial charge is 0.0931 e. The van der Waals surface area contributed by atoms with Crippen molar-refractivity contribution >= 4 is 5.69 Å². The largest absolute Gasteiger partial charge is 0.387 e. The molecule has 1 aliphatic heterocycles. The molecule has 1 fully saturated rings. The number of morpholine rings is 1. The van der Waals surface area contributed by atoms with E-state index in [-0.39, 0.29) is 5.54 Å². The summed E-state index contributed by atoms with van der Waals surface area (Å²) in [7, 11) is 0. The van der Waals surface area contributed by atoms with Gasteiger partial charge in [-0.3, -0.25) is 4.98 Å². The maximum absolute atomic E-state index is 9.43. The van der Waals surface area contributed by atoms with E-state index in [1.165, 1.54) is 0 Å². The molecule has 1 unspecified atom stereocenters. The molecule has 1 aliphatic rings. The van der Waals surface area contributed by atoms with Crippen LogP contribution in [0.4, 0.5) is 5.69 Å². The lowest BCUT2D eigenvalue weighted by Gasteiger charge is -2.43. The first-order valence-corrected chi connectivity index (χ1v) is 6.00. The fraction of sp³-hybridized carbons (Fsp3) is 0.615. The van der Waals surface area contributed by atoms with Crippen molar-refractivity contribution in [1.82, 2.24) is 4.98 Å². The summed E-state index contributed by atoms with van der Waals surface area (Å²) in [6.07, 6.45) is 1.32. The van der Waals surface area contributed by atoms with E-state index in [4.69, 9.17) is 4.74 Å². The fourth-order valence-corrected chi connectivity index (χ4v) is 2.14. The molecule has 1 atom stereocenters. The summed E-state index contributed by atoms with van der Waals surface area (Å²) < 4.78 is 5.50. The van der Waals surface area contributed by atoms with Crippen molar-refractivity contribution in [3.8, 4) is 0 Å². The van der Waals surface area contributed by atoms with Crippen LogP contribution in [0.15, 0.2) is 18.3 Å². The molecule has 0 radical (unpaired) electrons. The Morgan fingerprint density at radius 3 is 2.76 bits per heavy atom. The summed E-state index contributed by atoms with van der Waals surface area (Å²) in [5.74, 6) is 0. The van der Waals surface area contributed by atoms with E-state index < -0.39 is 6.10 Å². The number of aromatic nitrogens is 1. The van der Waals surface area contributed by atoms with E-state index >= 15 is 0 Å². The highest BCUT2D eigenvalue weighted by Crippen LogP contribution is 2.26. The van der Waals surface area contributed by atoms with Crippen LogP contribution in [-0.4, -0.2) is 35.4 Å². The lowest BCUT2D eigenvalue weighted by atomic mass is 10.0. The number of hydrogen-bond acceptors (Lipinski definition) is 4. The Bertz CT molecular complexity index is 374. The molecule has 0 spiro atoms. The van der Waals surface area contributed by atoms with Crippen LogP contribution >= 0.6 is 0 Å². The molecule has 1 N–H and O–H groups in total. The molecule has 17 heavy (non-hydrogen) atoms. The van der Waals surface area contributed by atoms with E-state index in [1.54, 1.807) is 6.92 Å². The monoisotopic (exact) mass is 236 g/mol. The van der Waals surface area contributed by atoms with Crippen molar-refractivity contribution in [3.63, 3.8) is 0 Å². The molecule has 94 valence electrons. The average Bonchev–Trinajstić information content (AvgIpc) is 2.28. The molecule has 0 bridgehead atoms. The van der Waals surface area contributed by atoms with Gasteiger partial charge in [-0.25, -0.2) is 0 Å². The van der Waals surface area contributed by atoms with E-state index in [2.05, 4.69) is 23.7 Å². The van der Waals surface area contributed by atoms with Crippen molar-refractivity contribution in [3.05, 3.63) is 24.0 Å². The van der Waals surface area contributed by atoms with Crippen molar-refractivity contribution in [2.45, 2.75) is 32.4 Å². The quantitative estimate of drug-likeness (QED) is 0.849. The number of hydrogen-bond donors (Lipinski definition) is 1. The van der Waals surface area contributed by atoms with Crippen LogP contribution in [0.25, 0.3) is 0 Å². The van der Waals surface area contributed by atoms with Gasteiger partial charge in [0.1, 0.15) is 0 Å². The second-order valence-corrected chi connectivity index (χ2v) is 5.13. The molecule has 1 aromatic rings. The summed E-state index contributed by atoms with van der Waals surface area (Å²) in [5, 5.41) is 9.43. The Hall–Kier alpha value is -1.13. The lowest BCUT2D eigenvalue weighted by Crippen LogP contribution is -2.53. The van der Waals surface area contributed by atoms with Gasteiger partial charge in [-0.2, -0.15) is 0 Å². The van der Waals surface area contributed by atoms with Crippen LogP contribution in [0, 0.1) is 0 Å². The molecule has 4 heteroatoms. The molecular weight excluding hydrogens is 216 g/mol. The molecule has 0 amide bonds. The van der Waals surface area contributed by atoms with Gasteiger partial charge in [0, 0.05) is 6.54 Å². The molecule has 0 aromatic carbocycles. The molecule has 4 nitrogen and oxygen atoms in total. The van der Waals surface area contributed by atoms with Crippen molar-refractivity contribution in [2.75, 3.05) is 24.7 Å². The normalized spacial score (nSPS) is 21.3. The minimum Gasteiger partial charge on any atom is -0.387 e. The van der Waals surface area contributed by atoms with Crippen LogP contribution < -0.4 is 4.90 Å². The summed E-state index contributed by atoms with van der Waals surface area (Å²) >= 11 is 0. The van der Waals surface area contributed by atoms with Crippen LogP contribution in [0.1, 0.15) is 32.6 Å². The second kappa shape index (κ2) is 4.63. The highest BCUT2D eigenvalue weighted by molar-refractivity contribution is 5.47. The Labute approximate surface area is 102 Å². The zero-order valence-electron chi connectivity index (χ0n) is 10.7. The Balaban J connectivity index is 2.21. The van der Waals surface area contributed by atoms with Gasteiger partial charge >= 0.3 is 0 Å². The van der Waals surface area contributed by atoms with Gasteiger partial charge < -0.3 is 14.7 Å². The van der Waals surface area contributed by atoms with Gasteiger partial charge in [-0.05, 0) is 32.9 Å². The number of pyridine rings is 1. The van der Waals surface area contributed by atoms with Gasteiger partial charge in [0.25, 0.3) is 0 Å². The van der Waals surface area contributed by atoms with Crippen LogP contribution in [-0.2, 0) is 4.74 Å². The highest BCUT2D eigenvalue weighted by Gasteiger charge is 2.30. The number of aliphatic hydroxyl groups excluding tert-OH is 1. The molecule has 0 saturated carbocycles. The van der Waals surface area contributed by atoms with Crippen LogP contribution in [0.5, 0.6) is 0 Å². The Kier molecular flexibility index (Phi) is 3.35. The van der Waals surface area contributed by atoms with Crippen LogP contribution in [0.2, 0.25) is 0 Å². The van der Waals surface area contributed by atoms with E-state index in [9.17, 15) is 5.11 Å². The number of aliphatic hydroxyl groups is 1. The molecule has 2 heterocycles. The van der Waals surface area contributed by atoms with Gasteiger partial charge in [0.05, 0.1) is 42.4 Å². The fourth-order valence-electron chi connectivity index (χ4n) is 2.14. The number of anilines is 1. The zero-order chi connectivity index (χ0) is 12.5. The maximum atomic E-state index is 9.43. The van der Waals surface area contributed by atoms with E-state index in [0.29, 0.717) is 5.69 Å². The summed E-state index contributed by atoms with van der Waals surface area (Å²) in [4.78, 5) is 6.59. The van der Waals surface area contributed by atoms with E-state index in [0.717, 1.165) is 25.4 Å². The third kappa shape index (κ3) is 2.58. The summed E-state index contributed by atoms with van der Waals surface area (Å²) in [6.45, 7) is 8.40. The standard InChI is InChI=1S/C13H20N2O2/c1-10(16)12-5-4-11(8-14-12)15-6-7-17-9-13(15,2)3/h4-5,8,10,16H,6-7,9H2,1-3H3. The van der Waals surface area contributed by atoms with Crippen molar-refractivity contribution < 1.29 is 9.84 Å². The van der Waals surface area contributed by atoms with Gasteiger partial charge in [-0.15, -0.1) is 0 Å². The SMILES string of the molecule is CC(O)c1ccc(N2CCOCC2(C)C)cn1. The van der Waals surface area contributed by atoms with Crippen LogP contribution in [0.3, 0.4) is 0 Å². The van der Waals surface area contributed by atoms with Crippen molar-refractivity contribution in [1.29, 1.82) is 0 Å². The molecule has 0 aliphatic carbocycles.